The molecule has 0 aliphatic carbocycles. The van der Waals surface area contributed by atoms with Gasteiger partial charge in [-0.1, -0.05) is 182 Å². The van der Waals surface area contributed by atoms with Gasteiger partial charge in [-0.2, -0.15) is 0 Å². The van der Waals surface area contributed by atoms with Gasteiger partial charge in [0.2, 0.25) is 0 Å². The standard InChI is InChI=1S/C53H35N3/c1-3-11-36(12-4-1)48-33-49(41-15-5-2-6-16-41)54-50(34-48)42-25-19-39(20-26-42)40-21-27-43(28-22-40)53-55-51(46-29-23-37-13-7-9-17-44(37)31-46)35-52(56-53)47-30-24-38-14-8-10-18-45(38)32-47/h1-35H. The lowest BCUT2D eigenvalue weighted by Gasteiger charge is -2.12. The highest BCUT2D eigenvalue weighted by atomic mass is 14.9. The minimum Gasteiger partial charge on any atom is -0.248 e. The highest BCUT2D eigenvalue weighted by molar-refractivity contribution is 5.89. The second-order valence-electron chi connectivity index (χ2n) is 14.1. The van der Waals surface area contributed by atoms with Crippen molar-refractivity contribution in [2.45, 2.75) is 0 Å². The number of pyridine rings is 1. The van der Waals surface area contributed by atoms with Gasteiger partial charge < -0.3 is 0 Å². The number of hydrogen-bond donors (Lipinski definition) is 0. The van der Waals surface area contributed by atoms with Crippen molar-refractivity contribution in [1.82, 2.24) is 15.0 Å². The zero-order valence-electron chi connectivity index (χ0n) is 30.5. The van der Waals surface area contributed by atoms with Crippen LogP contribution in [-0.2, 0) is 0 Å². The van der Waals surface area contributed by atoms with Gasteiger partial charge in [-0.05, 0) is 74.1 Å². The lowest BCUT2D eigenvalue weighted by atomic mass is 9.98. The van der Waals surface area contributed by atoms with Crippen LogP contribution in [0.5, 0.6) is 0 Å². The van der Waals surface area contributed by atoms with E-state index in [4.69, 9.17) is 15.0 Å². The van der Waals surface area contributed by atoms with Gasteiger partial charge in [0, 0.05) is 27.8 Å². The summed E-state index contributed by atoms with van der Waals surface area (Å²) in [5.74, 6) is 0.694. The predicted molar refractivity (Wildman–Crippen MR) is 233 cm³/mol. The van der Waals surface area contributed by atoms with Crippen molar-refractivity contribution in [2.24, 2.45) is 0 Å². The molecule has 0 aliphatic heterocycles. The van der Waals surface area contributed by atoms with Crippen molar-refractivity contribution in [3.8, 4) is 78.7 Å². The van der Waals surface area contributed by atoms with Gasteiger partial charge in [0.05, 0.1) is 22.8 Å². The third-order valence-corrected chi connectivity index (χ3v) is 10.5. The fourth-order valence-corrected chi connectivity index (χ4v) is 7.45. The maximum absolute atomic E-state index is 5.16. The topological polar surface area (TPSA) is 38.7 Å². The summed E-state index contributed by atoms with van der Waals surface area (Å²) in [5, 5.41) is 4.78. The van der Waals surface area contributed by atoms with Crippen molar-refractivity contribution in [2.75, 3.05) is 0 Å². The summed E-state index contributed by atoms with van der Waals surface area (Å²) in [6.07, 6.45) is 0. The van der Waals surface area contributed by atoms with Gasteiger partial charge in [-0.15, -0.1) is 0 Å². The summed E-state index contributed by atoms with van der Waals surface area (Å²) in [4.78, 5) is 15.4. The molecule has 0 N–H and O–H groups in total. The molecule has 10 rings (SSSR count). The third kappa shape index (κ3) is 6.63. The molecule has 0 unspecified atom stereocenters. The highest BCUT2D eigenvalue weighted by Gasteiger charge is 2.13. The molecule has 2 aromatic heterocycles. The van der Waals surface area contributed by atoms with Crippen LogP contribution < -0.4 is 0 Å². The van der Waals surface area contributed by atoms with Gasteiger partial charge in [0.25, 0.3) is 0 Å². The van der Waals surface area contributed by atoms with E-state index in [9.17, 15) is 0 Å². The summed E-state index contributed by atoms with van der Waals surface area (Å²) >= 11 is 0. The van der Waals surface area contributed by atoms with Gasteiger partial charge in [0.15, 0.2) is 5.82 Å². The van der Waals surface area contributed by atoms with E-state index in [1.54, 1.807) is 0 Å². The Morgan fingerprint density at radius 1 is 0.196 bits per heavy atom. The van der Waals surface area contributed by atoms with Gasteiger partial charge in [0.1, 0.15) is 0 Å². The number of benzene rings is 8. The van der Waals surface area contributed by atoms with E-state index in [1.807, 2.05) is 6.07 Å². The van der Waals surface area contributed by atoms with E-state index < -0.39 is 0 Å². The van der Waals surface area contributed by atoms with Crippen molar-refractivity contribution < 1.29 is 0 Å². The van der Waals surface area contributed by atoms with Crippen LogP contribution in [0, 0.1) is 0 Å². The highest BCUT2D eigenvalue weighted by Crippen LogP contribution is 2.34. The molecule has 262 valence electrons. The maximum Gasteiger partial charge on any atom is 0.160 e. The Balaban J connectivity index is 0.994. The molecule has 0 radical (unpaired) electrons. The zero-order chi connectivity index (χ0) is 37.3. The molecule has 0 bridgehead atoms. The van der Waals surface area contributed by atoms with Crippen LogP contribution >= 0.6 is 0 Å². The van der Waals surface area contributed by atoms with Gasteiger partial charge in [-0.3, -0.25) is 0 Å². The molecule has 0 amide bonds. The molecule has 10 aromatic rings. The third-order valence-electron chi connectivity index (χ3n) is 10.5. The molecular formula is C53H35N3. The normalized spacial score (nSPS) is 11.2. The zero-order valence-corrected chi connectivity index (χ0v) is 30.5. The Hall–Kier alpha value is -7.49. The molecule has 2 heterocycles. The Labute approximate surface area is 326 Å². The molecule has 0 saturated heterocycles. The van der Waals surface area contributed by atoms with E-state index in [1.165, 1.54) is 27.1 Å². The first-order valence-corrected chi connectivity index (χ1v) is 18.9. The molecule has 0 aliphatic rings. The minimum absolute atomic E-state index is 0.694. The maximum atomic E-state index is 5.16. The van der Waals surface area contributed by atoms with Crippen LogP contribution in [0.1, 0.15) is 0 Å². The fraction of sp³-hybridized carbons (Fsp3) is 0. The van der Waals surface area contributed by atoms with Crippen LogP contribution in [0.2, 0.25) is 0 Å². The molecule has 56 heavy (non-hydrogen) atoms. The first-order valence-electron chi connectivity index (χ1n) is 18.9. The lowest BCUT2D eigenvalue weighted by molar-refractivity contribution is 1.18. The monoisotopic (exact) mass is 713 g/mol. The Bertz CT molecular complexity index is 2840. The number of nitrogens with zero attached hydrogens (tertiary/aromatic N) is 3. The number of rotatable bonds is 7. The van der Waals surface area contributed by atoms with E-state index in [0.29, 0.717) is 5.82 Å². The quantitative estimate of drug-likeness (QED) is 0.165. The van der Waals surface area contributed by atoms with E-state index >= 15 is 0 Å². The summed E-state index contributed by atoms with van der Waals surface area (Å²) in [5.41, 5.74) is 13.5. The molecule has 3 nitrogen and oxygen atoms in total. The Kier molecular flexibility index (Phi) is 8.51. The molecule has 8 aromatic carbocycles. The van der Waals surface area contributed by atoms with Gasteiger partial charge >= 0.3 is 0 Å². The summed E-state index contributed by atoms with van der Waals surface area (Å²) in [7, 11) is 0. The predicted octanol–water partition coefficient (Wildman–Crippen LogP) is 13.8. The molecule has 0 saturated carbocycles. The molecule has 0 fully saturated rings. The first kappa shape index (κ1) is 33.1. The SMILES string of the molecule is c1ccc(-c2cc(-c3ccccc3)nc(-c3ccc(-c4ccc(-c5nc(-c6ccc7ccccc7c6)cc(-c6ccc7ccccc7c6)n5)cc4)cc3)c2)cc1. The van der Waals surface area contributed by atoms with Crippen LogP contribution in [0.15, 0.2) is 212 Å². The molecule has 0 atom stereocenters. The lowest BCUT2D eigenvalue weighted by Crippen LogP contribution is -1.96. The van der Waals surface area contributed by atoms with E-state index in [0.717, 1.165) is 67.3 Å². The molecular weight excluding hydrogens is 679 g/mol. The van der Waals surface area contributed by atoms with E-state index in [-0.39, 0.29) is 0 Å². The fourth-order valence-electron chi connectivity index (χ4n) is 7.45. The van der Waals surface area contributed by atoms with Crippen LogP contribution in [0.4, 0.5) is 0 Å². The summed E-state index contributed by atoms with van der Waals surface area (Å²) in [6.45, 7) is 0. The first-order chi connectivity index (χ1) is 27.7. The van der Waals surface area contributed by atoms with Gasteiger partial charge in [-0.25, -0.2) is 15.0 Å². The van der Waals surface area contributed by atoms with Crippen LogP contribution in [0.25, 0.3) is 100 Å². The molecule has 0 spiro atoms. The second kappa shape index (κ2) is 14.4. The second-order valence-corrected chi connectivity index (χ2v) is 14.1. The Morgan fingerprint density at radius 2 is 0.554 bits per heavy atom. The van der Waals surface area contributed by atoms with Crippen LogP contribution in [0.3, 0.4) is 0 Å². The number of hydrogen-bond acceptors (Lipinski definition) is 3. The van der Waals surface area contributed by atoms with Crippen molar-refractivity contribution in [3.63, 3.8) is 0 Å². The summed E-state index contributed by atoms with van der Waals surface area (Å²) < 4.78 is 0. The number of fused-ring (bicyclic) bond motifs is 2. The molecule has 3 heteroatoms. The average Bonchev–Trinajstić information content (AvgIpc) is 3.29. The number of aromatic nitrogens is 3. The average molecular weight is 714 g/mol. The smallest absolute Gasteiger partial charge is 0.160 e. The minimum atomic E-state index is 0.694. The Morgan fingerprint density at radius 3 is 1.07 bits per heavy atom. The van der Waals surface area contributed by atoms with Crippen molar-refractivity contribution >= 4 is 21.5 Å². The van der Waals surface area contributed by atoms with Crippen LogP contribution in [-0.4, -0.2) is 15.0 Å². The van der Waals surface area contributed by atoms with Crippen molar-refractivity contribution in [3.05, 3.63) is 212 Å². The summed E-state index contributed by atoms with van der Waals surface area (Å²) in [6, 6.07) is 74.6. The van der Waals surface area contributed by atoms with Crippen molar-refractivity contribution in [1.29, 1.82) is 0 Å². The largest absolute Gasteiger partial charge is 0.248 e. The van der Waals surface area contributed by atoms with E-state index in [2.05, 4.69) is 206 Å².